The van der Waals surface area contributed by atoms with E-state index < -0.39 is 11.7 Å². The predicted octanol–water partition coefficient (Wildman–Crippen LogP) is 3.66. The number of hydrogen-bond donors (Lipinski definition) is 1. The second-order valence-corrected chi connectivity index (χ2v) is 12.3. The molecule has 6 aliphatic rings. The van der Waals surface area contributed by atoms with Crippen molar-refractivity contribution < 1.29 is 24.1 Å². The zero-order chi connectivity index (χ0) is 22.1. The van der Waals surface area contributed by atoms with Crippen LogP contribution < -0.4 is 0 Å². The summed E-state index contributed by atoms with van der Waals surface area (Å²) in [7, 11) is 0. The fourth-order valence-electron chi connectivity index (χ4n) is 8.97. The van der Waals surface area contributed by atoms with E-state index in [-0.39, 0.29) is 45.8 Å². The van der Waals surface area contributed by atoms with Crippen molar-refractivity contribution in [3.8, 4) is 0 Å². The molecule has 7 rings (SSSR count). The number of rotatable bonds is 3. The van der Waals surface area contributed by atoms with Gasteiger partial charge < -0.3 is 19.3 Å². The van der Waals surface area contributed by atoms with Crippen molar-refractivity contribution in [1.29, 1.82) is 0 Å². The molecule has 9 atom stereocenters. The summed E-state index contributed by atoms with van der Waals surface area (Å²) in [5.74, 6) is 0.983. The van der Waals surface area contributed by atoms with E-state index in [0.717, 1.165) is 25.0 Å². The molecular weight excluding hydrogens is 404 g/mol. The van der Waals surface area contributed by atoms with E-state index >= 15 is 0 Å². The van der Waals surface area contributed by atoms with Crippen molar-refractivity contribution in [2.75, 3.05) is 6.61 Å². The van der Waals surface area contributed by atoms with Crippen molar-refractivity contribution in [1.82, 2.24) is 0 Å². The number of epoxide rings is 2. The molecule has 0 amide bonds. The van der Waals surface area contributed by atoms with Crippen LogP contribution in [0, 0.1) is 29.1 Å². The van der Waals surface area contributed by atoms with Gasteiger partial charge in [0.2, 0.25) is 0 Å². The molecule has 5 heteroatoms. The van der Waals surface area contributed by atoms with Gasteiger partial charge in [-0.15, -0.1) is 0 Å². The van der Waals surface area contributed by atoms with Gasteiger partial charge in [0.05, 0.1) is 30.5 Å². The largest absolute Gasteiger partial charge is 0.392 e. The first kappa shape index (κ1) is 20.1. The smallest absolute Gasteiger partial charge is 0.165 e. The number of carbonyl (C=O) groups is 1. The van der Waals surface area contributed by atoms with E-state index in [9.17, 15) is 9.90 Å². The molecule has 2 heterocycles. The minimum atomic E-state index is -0.817. The topological polar surface area (TPSA) is 71.6 Å². The molecule has 0 unspecified atom stereocenters. The molecular formula is C27H34O5. The van der Waals surface area contributed by atoms with Crippen molar-refractivity contribution >= 4 is 5.78 Å². The van der Waals surface area contributed by atoms with Gasteiger partial charge in [0, 0.05) is 31.1 Å². The van der Waals surface area contributed by atoms with Gasteiger partial charge in [0.1, 0.15) is 11.2 Å². The number of carbonyl (C=O) groups excluding carboxylic acids is 1. The Morgan fingerprint density at radius 3 is 2.56 bits per heavy atom. The Balaban J connectivity index is 1.34. The van der Waals surface area contributed by atoms with Gasteiger partial charge in [-0.2, -0.15) is 0 Å². The molecule has 1 aromatic rings. The molecule has 5 nitrogen and oxygen atoms in total. The van der Waals surface area contributed by atoms with Crippen LogP contribution in [0.25, 0.3) is 0 Å². The summed E-state index contributed by atoms with van der Waals surface area (Å²) >= 11 is 0. The van der Waals surface area contributed by atoms with Crippen molar-refractivity contribution in [2.45, 2.75) is 88.0 Å². The van der Waals surface area contributed by atoms with E-state index in [1.54, 1.807) is 0 Å². The molecule has 4 aliphatic carbocycles. The molecule has 0 aromatic heterocycles. The maximum absolute atomic E-state index is 14.3. The van der Waals surface area contributed by atoms with Crippen molar-refractivity contribution in [2.24, 2.45) is 29.1 Å². The molecule has 2 spiro atoms. The molecule has 172 valence electrons. The number of aliphatic hydroxyl groups excluding tert-OH is 1. The first-order chi connectivity index (χ1) is 15.2. The fourth-order valence-corrected chi connectivity index (χ4v) is 8.97. The Labute approximate surface area is 189 Å². The summed E-state index contributed by atoms with van der Waals surface area (Å²) in [5, 5.41) is 11.0. The van der Waals surface area contributed by atoms with E-state index in [1.165, 1.54) is 0 Å². The molecule has 0 radical (unpaired) electrons. The molecule has 2 saturated heterocycles. The average molecular weight is 439 g/mol. The predicted molar refractivity (Wildman–Crippen MR) is 117 cm³/mol. The summed E-state index contributed by atoms with van der Waals surface area (Å²) in [6.07, 6.45) is 3.41. The lowest BCUT2D eigenvalue weighted by molar-refractivity contribution is -0.161. The third kappa shape index (κ3) is 2.18. The van der Waals surface area contributed by atoms with Gasteiger partial charge in [-0.25, -0.2) is 0 Å². The van der Waals surface area contributed by atoms with Crippen LogP contribution in [0.4, 0.5) is 0 Å². The molecule has 6 fully saturated rings. The van der Waals surface area contributed by atoms with Crippen LogP contribution in [0.2, 0.25) is 0 Å². The number of ketones is 1. The zero-order valence-corrected chi connectivity index (χ0v) is 19.3. The maximum Gasteiger partial charge on any atom is 0.165 e. The highest BCUT2D eigenvalue weighted by Crippen LogP contribution is 2.77. The van der Waals surface area contributed by atoms with Crippen LogP contribution in [0.1, 0.15) is 58.4 Å². The number of fused-ring (bicyclic) bond motifs is 2. The standard InChI is InChI=1S/C27H34O5/c1-23(2)19-11-20(28)26(30-13-16-7-5-4-6-8-16)14-25(15-31-25)18-10-9-17(22(18)26)24(3)27(19,32-24)12-21(23)29/h4-8,17-19,21-22,29H,9-15H2,1-3H3/t17-,18-,19+,21-,22+,24-,25+,26-,27+/m1/s1. The Morgan fingerprint density at radius 1 is 1.12 bits per heavy atom. The van der Waals surface area contributed by atoms with Gasteiger partial charge >= 0.3 is 0 Å². The van der Waals surface area contributed by atoms with Crippen LogP contribution in [0.15, 0.2) is 30.3 Å². The van der Waals surface area contributed by atoms with E-state index in [2.05, 4.69) is 32.9 Å². The third-order valence-corrected chi connectivity index (χ3v) is 10.9. The number of Topliss-reactive ketones (excluding diaryl/α,β-unsaturated/α-hetero) is 1. The Bertz CT molecular complexity index is 985. The second kappa shape index (κ2) is 5.86. The lowest BCUT2D eigenvalue weighted by atomic mass is 9.61. The van der Waals surface area contributed by atoms with Crippen molar-refractivity contribution in [3.05, 3.63) is 35.9 Å². The molecule has 1 aromatic carbocycles. The minimum absolute atomic E-state index is 0.0105. The lowest BCUT2D eigenvalue weighted by Crippen LogP contribution is -2.55. The van der Waals surface area contributed by atoms with E-state index in [1.807, 2.05) is 18.2 Å². The summed E-state index contributed by atoms with van der Waals surface area (Å²) in [5.41, 5.74) is -0.932. The third-order valence-electron chi connectivity index (χ3n) is 10.9. The Morgan fingerprint density at radius 2 is 1.84 bits per heavy atom. The zero-order valence-electron chi connectivity index (χ0n) is 19.3. The lowest BCUT2D eigenvalue weighted by Gasteiger charge is -2.43. The van der Waals surface area contributed by atoms with Gasteiger partial charge in [-0.05, 0) is 42.6 Å². The van der Waals surface area contributed by atoms with E-state index in [0.29, 0.717) is 31.8 Å². The van der Waals surface area contributed by atoms with Gasteiger partial charge in [0.25, 0.3) is 0 Å². The normalized spacial score (nSPS) is 54.0. The number of aliphatic hydroxyl groups is 1. The van der Waals surface area contributed by atoms with Gasteiger partial charge in [-0.3, -0.25) is 4.79 Å². The van der Waals surface area contributed by atoms with Crippen LogP contribution in [0.3, 0.4) is 0 Å². The number of benzene rings is 1. The highest BCUT2D eigenvalue weighted by Gasteiger charge is 2.85. The molecule has 0 bridgehead atoms. The SMILES string of the molecule is CC1(C)[C@H](O)C[C@@]23O[C@]2(C)[C@@H]2CC[C@@H]4[C@H]2[C@@](OCc2ccccc2)(C[C@]42CO2)C(=O)C[C@@H]13. The first-order valence-electron chi connectivity index (χ1n) is 12.4. The monoisotopic (exact) mass is 438 g/mol. The van der Waals surface area contributed by atoms with Crippen LogP contribution >= 0.6 is 0 Å². The second-order valence-electron chi connectivity index (χ2n) is 12.3. The Hall–Kier alpha value is -1.27. The van der Waals surface area contributed by atoms with Crippen LogP contribution in [0.5, 0.6) is 0 Å². The summed E-state index contributed by atoms with van der Waals surface area (Å²) in [6, 6.07) is 10.2. The number of hydrogen-bond acceptors (Lipinski definition) is 5. The van der Waals surface area contributed by atoms with E-state index in [4.69, 9.17) is 14.2 Å². The summed E-state index contributed by atoms with van der Waals surface area (Å²) in [6.45, 7) is 7.68. The summed E-state index contributed by atoms with van der Waals surface area (Å²) < 4.78 is 19.6. The summed E-state index contributed by atoms with van der Waals surface area (Å²) in [4.78, 5) is 14.3. The van der Waals surface area contributed by atoms with Gasteiger partial charge in [0.15, 0.2) is 5.78 Å². The molecule has 2 aliphatic heterocycles. The Kier molecular flexibility index (Phi) is 3.68. The molecule has 1 N–H and O–H groups in total. The average Bonchev–Trinajstić information content (AvgIpc) is 3.51. The minimum Gasteiger partial charge on any atom is -0.392 e. The first-order valence-corrected chi connectivity index (χ1v) is 12.4. The molecule has 32 heavy (non-hydrogen) atoms. The fraction of sp³-hybridized carbons (Fsp3) is 0.741. The quantitative estimate of drug-likeness (QED) is 0.729. The van der Waals surface area contributed by atoms with Crippen molar-refractivity contribution in [3.63, 3.8) is 0 Å². The van der Waals surface area contributed by atoms with Crippen LogP contribution in [-0.4, -0.2) is 46.0 Å². The van der Waals surface area contributed by atoms with Crippen LogP contribution in [-0.2, 0) is 25.6 Å². The highest BCUT2D eigenvalue weighted by molar-refractivity contribution is 5.90. The number of ether oxygens (including phenoxy) is 3. The highest BCUT2D eigenvalue weighted by atomic mass is 16.6. The molecule has 4 saturated carbocycles. The maximum atomic E-state index is 14.3. The van der Waals surface area contributed by atoms with Gasteiger partial charge in [-0.1, -0.05) is 44.2 Å².